The molecule has 1 N–H and O–H groups in total. The van der Waals surface area contributed by atoms with Crippen molar-refractivity contribution in [2.24, 2.45) is 0 Å². The topological polar surface area (TPSA) is 42.0 Å². The molecule has 0 unspecified atom stereocenters. The molecule has 1 aliphatic carbocycles. The zero-order valence-electron chi connectivity index (χ0n) is 10.6. The molecule has 0 spiro atoms. The first kappa shape index (κ1) is 13.7. The normalized spacial score (nSPS) is 13.9. The summed E-state index contributed by atoms with van der Waals surface area (Å²) in [7, 11) is 0. The molecule has 1 heterocycles. The fraction of sp³-hybridized carbons (Fsp3) is 0.286. The Morgan fingerprint density at radius 1 is 1.35 bits per heavy atom. The maximum Gasteiger partial charge on any atom is 0.260 e. The summed E-state index contributed by atoms with van der Waals surface area (Å²) in [6, 6.07) is 4.38. The van der Waals surface area contributed by atoms with Crippen LogP contribution in [0.1, 0.15) is 33.8 Å². The summed E-state index contributed by atoms with van der Waals surface area (Å²) < 4.78 is 14.3. The number of carbonyl (C=O) groups is 1. The van der Waals surface area contributed by atoms with Crippen molar-refractivity contribution in [3.05, 3.63) is 44.6 Å². The highest BCUT2D eigenvalue weighted by Gasteiger charge is 2.18. The van der Waals surface area contributed by atoms with E-state index in [4.69, 9.17) is 0 Å². The van der Waals surface area contributed by atoms with Gasteiger partial charge >= 0.3 is 0 Å². The van der Waals surface area contributed by atoms with E-state index in [0.29, 0.717) is 9.60 Å². The molecule has 0 saturated heterocycles. The molecule has 3 nitrogen and oxygen atoms in total. The van der Waals surface area contributed by atoms with Crippen LogP contribution in [0.3, 0.4) is 0 Å². The third-order valence-corrected chi connectivity index (χ3v) is 4.81. The Hall–Kier alpha value is -1.27. The number of amides is 1. The molecule has 2 aromatic rings. The fourth-order valence-electron chi connectivity index (χ4n) is 2.24. The number of carbonyl (C=O) groups excluding carboxylic acids is 1. The Morgan fingerprint density at radius 2 is 2.15 bits per heavy atom. The number of benzene rings is 1. The number of anilines is 1. The van der Waals surface area contributed by atoms with Gasteiger partial charge in [-0.3, -0.25) is 10.1 Å². The van der Waals surface area contributed by atoms with Gasteiger partial charge in [0.05, 0.1) is 11.3 Å². The molecule has 0 fully saturated rings. The molecule has 1 aromatic heterocycles. The predicted molar refractivity (Wildman–Crippen MR) is 80.8 cm³/mol. The van der Waals surface area contributed by atoms with Crippen LogP contribution in [0, 0.1) is 5.82 Å². The van der Waals surface area contributed by atoms with E-state index in [-0.39, 0.29) is 5.56 Å². The van der Waals surface area contributed by atoms with Gasteiger partial charge in [0.15, 0.2) is 5.13 Å². The van der Waals surface area contributed by atoms with Crippen LogP contribution in [0.2, 0.25) is 0 Å². The van der Waals surface area contributed by atoms with E-state index in [2.05, 4.69) is 26.2 Å². The number of halogens is 2. The van der Waals surface area contributed by atoms with E-state index in [9.17, 15) is 9.18 Å². The molecule has 0 aliphatic heterocycles. The van der Waals surface area contributed by atoms with Crippen LogP contribution in [-0.4, -0.2) is 10.9 Å². The molecular weight excluding hydrogens is 343 g/mol. The molecule has 3 rings (SSSR count). The highest BCUT2D eigenvalue weighted by Crippen LogP contribution is 2.30. The van der Waals surface area contributed by atoms with Crippen LogP contribution in [-0.2, 0) is 12.8 Å². The fourth-order valence-corrected chi connectivity index (χ4v) is 3.62. The van der Waals surface area contributed by atoms with Crippen LogP contribution in [0.25, 0.3) is 0 Å². The lowest BCUT2D eigenvalue weighted by Gasteiger charge is -2.06. The number of hydrogen-bond acceptors (Lipinski definition) is 3. The SMILES string of the molecule is O=C(Nc1nc2c(s1)CCCC2)c1ccc(Br)cc1F. The minimum atomic E-state index is -0.543. The molecule has 0 radical (unpaired) electrons. The summed E-state index contributed by atoms with van der Waals surface area (Å²) in [5.74, 6) is -1.00. The zero-order valence-corrected chi connectivity index (χ0v) is 13.0. The molecule has 6 heteroatoms. The van der Waals surface area contributed by atoms with Crippen LogP contribution < -0.4 is 5.32 Å². The first-order valence-corrected chi connectivity index (χ1v) is 7.99. The van der Waals surface area contributed by atoms with Crippen molar-refractivity contribution < 1.29 is 9.18 Å². The monoisotopic (exact) mass is 354 g/mol. The van der Waals surface area contributed by atoms with Gasteiger partial charge in [-0.15, -0.1) is 11.3 Å². The lowest BCUT2D eigenvalue weighted by molar-refractivity contribution is 0.102. The Balaban J connectivity index is 1.80. The van der Waals surface area contributed by atoms with Crippen LogP contribution in [0.15, 0.2) is 22.7 Å². The Kier molecular flexibility index (Phi) is 3.85. The van der Waals surface area contributed by atoms with Crippen molar-refractivity contribution in [2.45, 2.75) is 25.7 Å². The van der Waals surface area contributed by atoms with Gasteiger partial charge in [-0.2, -0.15) is 0 Å². The van der Waals surface area contributed by atoms with Crippen molar-refractivity contribution in [1.82, 2.24) is 4.98 Å². The van der Waals surface area contributed by atoms with Gasteiger partial charge in [0.25, 0.3) is 5.91 Å². The summed E-state index contributed by atoms with van der Waals surface area (Å²) in [5, 5.41) is 3.25. The van der Waals surface area contributed by atoms with Crippen molar-refractivity contribution in [3.63, 3.8) is 0 Å². The third-order valence-electron chi connectivity index (χ3n) is 3.24. The molecule has 0 saturated carbocycles. The number of fused-ring (bicyclic) bond motifs is 1. The van der Waals surface area contributed by atoms with Crippen LogP contribution in [0.5, 0.6) is 0 Å². The first-order valence-electron chi connectivity index (χ1n) is 6.38. The Bertz CT molecular complexity index is 648. The van der Waals surface area contributed by atoms with E-state index in [1.807, 2.05) is 0 Å². The van der Waals surface area contributed by atoms with Crippen molar-refractivity contribution in [3.8, 4) is 0 Å². The third kappa shape index (κ3) is 2.76. The second-order valence-corrected chi connectivity index (χ2v) is 6.67. The second-order valence-electron chi connectivity index (χ2n) is 4.67. The largest absolute Gasteiger partial charge is 0.298 e. The number of aryl methyl sites for hydroxylation is 2. The summed E-state index contributed by atoms with van der Waals surface area (Å²) in [6.45, 7) is 0. The molecule has 20 heavy (non-hydrogen) atoms. The average Bonchev–Trinajstić information content (AvgIpc) is 2.80. The summed E-state index contributed by atoms with van der Waals surface area (Å²) in [5.41, 5.74) is 1.11. The minimum Gasteiger partial charge on any atom is -0.298 e. The van der Waals surface area contributed by atoms with E-state index in [1.54, 1.807) is 6.07 Å². The van der Waals surface area contributed by atoms with Gasteiger partial charge in [-0.1, -0.05) is 15.9 Å². The maximum absolute atomic E-state index is 13.7. The van der Waals surface area contributed by atoms with E-state index >= 15 is 0 Å². The summed E-state index contributed by atoms with van der Waals surface area (Å²) in [4.78, 5) is 17.7. The summed E-state index contributed by atoms with van der Waals surface area (Å²) >= 11 is 4.66. The standard InChI is InChI=1S/C14H12BrFN2OS/c15-8-5-6-9(10(16)7-8)13(19)18-14-17-11-3-1-2-4-12(11)20-14/h5-7H,1-4H2,(H,17,18,19). The average molecular weight is 355 g/mol. The quantitative estimate of drug-likeness (QED) is 0.878. The van der Waals surface area contributed by atoms with Gasteiger partial charge in [0.2, 0.25) is 0 Å². The molecule has 0 atom stereocenters. The first-order chi connectivity index (χ1) is 9.63. The van der Waals surface area contributed by atoms with Crippen LogP contribution >= 0.6 is 27.3 Å². The van der Waals surface area contributed by atoms with E-state index < -0.39 is 11.7 Å². The van der Waals surface area contributed by atoms with E-state index in [1.165, 1.54) is 34.8 Å². The van der Waals surface area contributed by atoms with Gasteiger partial charge < -0.3 is 0 Å². The molecule has 1 aliphatic rings. The lowest BCUT2D eigenvalue weighted by Crippen LogP contribution is -2.13. The number of nitrogens with zero attached hydrogens (tertiary/aromatic N) is 1. The maximum atomic E-state index is 13.7. The van der Waals surface area contributed by atoms with Gasteiger partial charge in [-0.25, -0.2) is 9.37 Å². The van der Waals surface area contributed by atoms with Gasteiger partial charge in [0, 0.05) is 9.35 Å². The summed E-state index contributed by atoms with van der Waals surface area (Å²) in [6.07, 6.45) is 4.30. The number of hydrogen-bond donors (Lipinski definition) is 1. The number of thiazole rings is 1. The Morgan fingerprint density at radius 3 is 2.90 bits per heavy atom. The van der Waals surface area contributed by atoms with Gasteiger partial charge in [-0.05, 0) is 43.9 Å². The van der Waals surface area contributed by atoms with Crippen molar-refractivity contribution >= 4 is 38.3 Å². The molecular formula is C14H12BrFN2OS. The molecule has 1 amide bonds. The van der Waals surface area contributed by atoms with E-state index in [0.717, 1.165) is 25.0 Å². The van der Waals surface area contributed by atoms with Crippen molar-refractivity contribution in [2.75, 3.05) is 5.32 Å². The van der Waals surface area contributed by atoms with Gasteiger partial charge in [0.1, 0.15) is 5.82 Å². The lowest BCUT2D eigenvalue weighted by atomic mass is 10.0. The van der Waals surface area contributed by atoms with Crippen molar-refractivity contribution in [1.29, 1.82) is 0 Å². The minimum absolute atomic E-state index is 0.0290. The molecule has 0 bridgehead atoms. The molecule has 1 aromatic carbocycles. The smallest absolute Gasteiger partial charge is 0.260 e. The zero-order chi connectivity index (χ0) is 14.1. The number of aromatic nitrogens is 1. The second kappa shape index (κ2) is 5.61. The highest BCUT2D eigenvalue weighted by atomic mass is 79.9. The Labute approximate surface area is 128 Å². The highest BCUT2D eigenvalue weighted by molar-refractivity contribution is 9.10. The number of rotatable bonds is 2. The molecule has 104 valence electrons. The number of nitrogens with one attached hydrogen (secondary N) is 1. The van der Waals surface area contributed by atoms with Crippen LogP contribution in [0.4, 0.5) is 9.52 Å². The predicted octanol–water partition coefficient (Wildman–Crippen LogP) is 4.18.